The molecule has 1 heterocycles. The van der Waals surface area contributed by atoms with Gasteiger partial charge in [0, 0.05) is 0 Å². The number of amides is 1. The summed E-state index contributed by atoms with van der Waals surface area (Å²) >= 11 is 3.65. The molecule has 0 saturated heterocycles. The number of rotatable bonds is 2. The number of nitrogens with one attached hydrogen (secondary N) is 1. The first-order valence-electron chi connectivity index (χ1n) is 7.72. The van der Waals surface area contributed by atoms with Gasteiger partial charge >= 0.3 is 140 Å². The average molecular weight is 413 g/mol. The Kier molecular flexibility index (Phi) is 5.20. The van der Waals surface area contributed by atoms with Crippen LogP contribution in [0.5, 0.6) is 0 Å². The van der Waals surface area contributed by atoms with E-state index in [9.17, 15) is 4.79 Å². The molecule has 0 atom stereocenters. The number of hydrogen-bond acceptors (Lipinski definition) is 1. The van der Waals surface area contributed by atoms with Crippen LogP contribution in [0.2, 0.25) is 0 Å². The molecule has 0 bridgehead atoms. The van der Waals surface area contributed by atoms with Gasteiger partial charge in [-0.05, 0) is 0 Å². The van der Waals surface area contributed by atoms with Crippen LogP contribution < -0.4 is 5.32 Å². The third-order valence-electron chi connectivity index (χ3n) is 4.15. The molecule has 1 aliphatic carbocycles. The summed E-state index contributed by atoms with van der Waals surface area (Å²) < 4.78 is 3.37. The van der Waals surface area contributed by atoms with Gasteiger partial charge in [-0.25, -0.2) is 0 Å². The van der Waals surface area contributed by atoms with E-state index in [1.165, 1.54) is 41.8 Å². The van der Waals surface area contributed by atoms with E-state index in [4.69, 9.17) is 0 Å². The van der Waals surface area contributed by atoms with Gasteiger partial charge in [-0.2, -0.15) is 0 Å². The van der Waals surface area contributed by atoms with Gasteiger partial charge in [-0.3, -0.25) is 0 Å². The third-order valence-corrected chi connectivity index (χ3v) is 6.94. The van der Waals surface area contributed by atoms with E-state index in [0.717, 1.165) is 21.8 Å². The zero-order valence-corrected chi connectivity index (χ0v) is 15.3. The van der Waals surface area contributed by atoms with Crippen molar-refractivity contribution in [3.05, 3.63) is 33.2 Å². The number of hydrogen-bond donors (Lipinski definition) is 1. The Bertz CT molecular complexity index is 629. The van der Waals surface area contributed by atoms with E-state index < -0.39 is 0 Å². The first-order valence-corrected chi connectivity index (χ1v) is 10.2. The van der Waals surface area contributed by atoms with Gasteiger partial charge in [0.25, 0.3) is 0 Å². The molecule has 3 rings (SSSR count). The Morgan fingerprint density at radius 1 is 1.10 bits per heavy atom. The van der Waals surface area contributed by atoms with E-state index in [0.29, 0.717) is 6.04 Å². The molecule has 0 unspecified atom stereocenters. The molecule has 1 saturated carbocycles. The molecular weight excluding hydrogens is 393 g/mol. The van der Waals surface area contributed by atoms with Gasteiger partial charge in [0.1, 0.15) is 0 Å². The summed E-state index contributed by atoms with van der Waals surface area (Å²) in [4.78, 5) is 12.5. The summed E-state index contributed by atoms with van der Waals surface area (Å²) in [5.41, 5.74) is 0. The predicted molar refractivity (Wildman–Crippen MR) is 92.2 cm³/mol. The van der Waals surface area contributed by atoms with E-state index in [-0.39, 0.29) is 20.4 Å². The summed E-state index contributed by atoms with van der Waals surface area (Å²) in [6, 6.07) is 8.73. The topological polar surface area (TPSA) is 29.1 Å². The first kappa shape index (κ1) is 15.3. The molecule has 1 fully saturated rings. The molecule has 1 aromatic carbocycles. The van der Waals surface area contributed by atoms with E-state index >= 15 is 0 Å². The van der Waals surface area contributed by atoms with Crippen molar-refractivity contribution in [2.45, 2.75) is 51.0 Å². The number of carbonyl (C=O) groups excluding carboxylic acids is 1. The molecule has 0 spiro atoms. The van der Waals surface area contributed by atoms with Gasteiger partial charge in [-0.15, -0.1) is 0 Å². The predicted octanol–water partition coefficient (Wildman–Crippen LogP) is 4.50. The Morgan fingerprint density at radius 3 is 2.57 bits per heavy atom. The van der Waals surface area contributed by atoms with Crippen molar-refractivity contribution in [3.63, 3.8) is 0 Å². The van der Waals surface area contributed by atoms with Crippen molar-refractivity contribution in [2.24, 2.45) is 0 Å². The fourth-order valence-electron chi connectivity index (χ4n) is 2.97. The van der Waals surface area contributed by atoms with Gasteiger partial charge < -0.3 is 0 Å². The zero-order chi connectivity index (χ0) is 14.7. The number of benzene rings is 1. The van der Waals surface area contributed by atoms with Crippen LogP contribution in [-0.2, 0) is 0 Å². The second-order valence-electron chi connectivity index (χ2n) is 5.81. The fourth-order valence-corrected chi connectivity index (χ4v) is 5.78. The van der Waals surface area contributed by atoms with Crippen molar-refractivity contribution in [3.8, 4) is 0 Å². The standard InChI is InChI=1S/C17H20BrNOSe/c18-13-9-8-12-10-16(21-15(12)11-13)17(20)19-14-6-4-2-1-3-5-7-14/h8-11,14H,1-7H2,(H,19,20). The van der Waals surface area contributed by atoms with Crippen molar-refractivity contribution >= 4 is 46.0 Å². The molecule has 0 aliphatic heterocycles. The second kappa shape index (κ2) is 7.13. The molecule has 2 aromatic rings. The Balaban J connectivity index is 1.70. The molecule has 112 valence electrons. The number of halogens is 1. The van der Waals surface area contributed by atoms with Crippen molar-refractivity contribution in [1.82, 2.24) is 5.32 Å². The summed E-state index contributed by atoms with van der Waals surface area (Å²) in [5, 5.41) is 4.48. The molecular formula is C17H20BrNOSe. The van der Waals surface area contributed by atoms with Gasteiger partial charge in [0.15, 0.2) is 0 Å². The molecule has 0 radical (unpaired) electrons. The molecule has 1 aromatic heterocycles. The third kappa shape index (κ3) is 4.00. The Labute approximate surface area is 140 Å². The van der Waals surface area contributed by atoms with Gasteiger partial charge in [0.05, 0.1) is 0 Å². The monoisotopic (exact) mass is 413 g/mol. The van der Waals surface area contributed by atoms with E-state index in [1.807, 2.05) is 6.07 Å². The SMILES string of the molecule is O=C(NC1CCCCCCC1)c1cc2ccc(Br)cc2[se]1. The van der Waals surface area contributed by atoms with Crippen LogP contribution in [0.3, 0.4) is 0 Å². The van der Waals surface area contributed by atoms with Crippen molar-refractivity contribution in [1.29, 1.82) is 0 Å². The van der Waals surface area contributed by atoms with E-state index in [1.54, 1.807) is 0 Å². The Hall–Kier alpha value is -0.571. The maximum absolute atomic E-state index is 12.5. The summed E-state index contributed by atoms with van der Waals surface area (Å²) in [7, 11) is 0. The summed E-state index contributed by atoms with van der Waals surface area (Å²) in [5.74, 6) is 0.160. The molecule has 1 amide bonds. The van der Waals surface area contributed by atoms with Gasteiger partial charge in [0.2, 0.25) is 0 Å². The maximum atomic E-state index is 12.5. The van der Waals surface area contributed by atoms with Crippen LogP contribution in [0.25, 0.3) is 9.65 Å². The number of fused-ring (bicyclic) bond motifs is 1. The van der Waals surface area contributed by atoms with E-state index in [2.05, 4.69) is 39.4 Å². The summed E-state index contributed by atoms with van der Waals surface area (Å²) in [6.45, 7) is 0. The molecule has 4 heteroatoms. The molecule has 1 aliphatic rings. The minimum atomic E-state index is 0.144. The zero-order valence-electron chi connectivity index (χ0n) is 12.0. The fraction of sp³-hybridized carbons (Fsp3) is 0.471. The first-order chi connectivity index (χ1) is 10.2. The van der Waals surface area contributed by atoms with Crippen LogP contribution in [-0.4, -0.2) is 26.5 Å². The van der Waals surface area contributed by atoms with Crippen LogP contribution in [0.1, 0.15) is 54.2 Å². The Morgan fingerprint density at radius 2 is 1.81 bits per heavy atom. The molecule has 21 heavy (non-hydrogen) atoms. The average Bonchev–Trinajstić information content (AvgIpc) is 2.84. The number of carbonyl (C=O) groups is 1. The van der Waals surface area contributed by atoms with Crippen LogP contribution >= 0.6 is 15.9 Å². The molecule has 1 N–H and O–H groups in total. The second-order valence-corrected chi connectivity index (χ2v) is 9.00. The quantitative estimate of drug-likeness (QED) is 0.722. The van der Waals surface area contributed by atoms with Crippen molar-refractivity contribution < 1.29 is 4.79 Å². The van der Waals surface area contributed by atoms with Crippen LogP contribution in [0, 0.1) is 0 Å². The van der Waals surface area contributed by atoms with Crippen molar-refractivity contribution in [2.75, 3.05) is 0 Å². The molecule has 2 nitrogen and oxygen atoms in total. The minimum absolute atomic E-state index is 0.144. The van der Waals surface area contributed by atoms with Gasteiger partial charge in [-0.1, -0.05) is 0 Å². The van der Waals surface area contributed by atoms with Crippen LogP contribution in [0.15, 0.2) is 28.7 Å². The summed E-state index contributed by atoms with van der Waals surface area (Å²) in [6.07, 6.45) is 8.79. The van der Waals surface area contributed by atoms with Crippen LogP contribution in [0.4, 0.5) is 0 Å². The normalized spacial score (nSPS) is 17.4.